The van der Waals surface area contributed by atoms with E-state index in [1.165, 1.54) is 0 Å². The molecule has 2 heterocycles. The number of anilines is 1. The van der Waals surface area contributed by atoms with Crippen LogP contribution in [0.25, 0.3) is 11.1 Å². The predicted octanol–water partition coefficient (Wildman–Crippen LogP) is 3.99. The minimum Gasteiger partial charge on any atom is -0.381 e. The number of carbonyl (C=O) groups is 1. The molecule has 2 N–H and O–H groups in total. The third kappa shape index (κ3) is 4.37. The largest absolute Gasteiger partial charge is 0.381 e. The van der Waals surface area contributed by atoms with E-state index < -0.39 is 0 Å². The van der Waals surface area contributed by atoms with Crippen LogP contribution in [0, 0.1) is 12.3 Å². The highest BCUT2D eigenvalue weighted by Gasteiger charge is 2.34. The number of amides is 2. The van der Waals surface area contributed by atoms with E-state index in [4.69, 9.17) is 4.74 Å². The Balaban J connectivity index is 1.62. The Morgan fingerprint density at radius 1 is 1.20 bits per heavy atom. The number of pyridine rings is 1. The summed E-state index contributed by atoms with van der Waals surface area (Å²) in [5.74, 6) is 0. The van der Waals surface area contributed by atoms with E-state index in [0.717, 1.165) is 28.9 Å². The van der Waals surface area contributed by atoms with Crippen molar-refractivity contribution in [3.05, 3.63) is 48.3 Å². The first-order valence-corrected chi connectivity index (χ1v) is 8.62. The van der Waals surface area contributed by atoms with Gasteiger partial charge in [0.2, 0.25) is 0 Å². The molecule has 25 heavy (non-hydrogen) atoms. The summed E-state index contributed by atoms with van der Waals surface area (Å²) < 4.78 is 5.50. The molecule has 5 heteroatoms. The standard InChI is InChI=1S/C20H25N3O2/c1-14-12-16(8-10-21-14)15-4-6-17(7-5-15)22-19(24)23-18-9-11-25-13-20(18,2)3/h4-8,10,12,18H,9,11,13H2,1-3H3,(H2,22,23,24). The monoisotopic (exact) mass is 339 g/mol. The van der Waals surface area contributed by atoms with E-state index in [1.54, 1.807) is 6.20 Å². The lowest BCUT2D eigenvalue weighted by Gasteiger charge is -2.38. The van der Waals surface area contributed by atoms with Crippen LogP contribution in [0.3, 0.4) is 0 Å². The van der Waals surface area contributed by atoms with E-state index >= 15 is 0 Å². The fourth-order valence-electron chi connectivity index (χ4n) is 3.09. The number of rotatable bonds is 3. The van der Waals surface area contributed by atoms with Gasteiger partial charge in [-0.1, -0.05) is 26.0 Å². The number of aromatic nitrogens is 1. The zero-order chi connectivity index (χ0) is 17.9. The number of hydrogen-bond donors (Lipinski definition) is 2. The Kier molecular flexibility index (Phi) is 5.04. The van der Waals surface area contributed by atoms with Crippen LogP contribution in [0.4, 0.5) is 10.5 Å². The van der Waals surface area contributed by atoms with Gasteiger partial charge in [-0.05, 0) is 48.7 Å². The Labute approximate surface area is 148 Å². The Bertz CT molecular complexity index is 741. The Morgan fingerprint density at radius 3 is 2.64 bits per heavy atom. The topological polar surface area (TPSA) is 63.2 Å². The smallest absolute Gasteiger partial charge is 0.319 e. The van der Waals surface area contributed by atoms with E-state index in [9.17, 15) is 4.79 Å². The molecular formula is C20H25N3O2. The molecule has 1 aromatic heterocycles. The maximum Gasteiger partial charge on any atom is 0.319 e. The summed E-state index contributed by atoms with van der Waals surface area (Å²) >= 11 is 0. The van der Waals surface area contributed by atoms with Gasteiger partial charge in [-0.25, -0.2) is 4.79 Å². The third-order valence-electron chi connectivity index (χ3n) is 4.65. The number of ether oxygens (including phenoxy) is 1. The third-order valence-corrected chi connectivity index (χ3v) is 4.65. The van der Waals surface area contributed by atoms with Gasteiger partial charge in [0.05, 0.1) is 6.61 Å². The van der Waals surface area contributed by atoms with Gasteiger partial charge in [0.15, 0.2) is 0 Å². The summed E-state index contributed by atoms with van der Waals surface area (Å²) in [4.78, 5) is 16.5. The summed E-state index contributed by atoms with van der Waals surface area (Å²) in [5.41, 5.74) is 3.92. The second-order valence-corrected chi connectivity index (χ2v) is 7.24. The van der Waals surface area contributed by atoms with Crippen LogP contribution in [0.2, 0.25) is 0 Å². The van der Waals surface area contributed by atoms with Gasteiger partial charge in [-0.3, -0.25) is 4.98 Å². The second-order valence-electron chi connectivity index (χ2n) is 7.24. The molecule has 0 radical (unpaired) electrons. The number of nitrogens with zero attached hydrogens (tertiary/aromatic N) is 1. The van der Waals surface area contributed by atoms with Crippen molar-refractivity contribution in [2.45, 2.75) is 33.2 Å². The van der Waals surface area contributed by atoms with Crippen LogP contribution >= 0.6 is 0 Å². The lowest BCUT2D eigenvalue weighted by Crippen LogP contribution is -2.51. The SMILES string of the molecule is Cc1cc(-c2ccc(NC(=O)NC3CCOCC3(C)C)cc2)ccn1. The molecule has 1 unspecified atom stereocenters. The first kappa shape index (κ1) is 17.4. The van der Waals surface area contributed by atoms with Crippen molar-refractivity contribution in [2.24, 2.45) is 5.41 Å². The van der Waals surface area contributed by atoms with E-state index in [0.29, 0.717) is 13.2 Å². The van der Waals surface area contributed by atoms with Crippen molar-refractivity contribution >= 4 is 11.7 Å². The van der Waals surface area contributed by atoms with Crippen molar-refractivity contribution in [2.75, 3.05) is 18.5 Å². The number of carbonyl (C=O) groups excluding carboxylic acids is 1. The summed E-state index contributed by atoms with van der Waals surface area (Å²) in [6, 6.07) is 11.8. The average molecular weight is 339 g/mol. The molecule has 1 saturated heterocycles. The average Bonchev–Trinajstić information content (AvgIpc) is 2.57. The Morgan fingerprint density at radius 2 is 1.96 bits per heavy atom. The Hall–Kier alpha value is -2.40. The van der Waals surface area contributed by atoms with Crippen molar-refractivity contribution in [1.29, 1.82) is 0 Å². The molecule has 3 rings (SSSR count). The van der Waals surface area contributed by atoms with Crippen molar-refractivity contribution in [1.82, 2.24) is 10.3 Å². The molecule has 5 nitrogen and oxygen atoms in total. The number of hydrogen-bond acceptors (Lipinski definition) is 3. The van der Waals surface area contributed by atoms with Gasteiger partial charge in [0.25, 0.3) is 0 Å². The summed E-state index contributed by atoms with van der Waals surface area (Å²) in [6.07, 6.45) is 2.64. The fourth-order valence-corrected chi connectivity index (χ4v) is 3.09. The fraction of sp³-hybridized carbons (Fsp3) is 0.400. The zero-order valence-electron chi connectivity index (χ0n) is 15.0. The molecule has 0 spiro atoms. The maximum absolute atomic E-state index is 12.3. The van der Waals surface area contributed by atoms with Gasteiger partial charge >= 0.3 is 6.03 Å². The molecule has 1 aromatic carbocycles. The molecule has 0 aliphatic carbocycles. The molecule has 2 aromatic rings. The summed E-state index contributed by atoms with van der Waals surface area (Å²) in [6.45, 7) is 7.55. The molecule has 132 valence electrons. The van der Waals surface area contributed by atoms with E-state index in [-0.39, 0.29) is 17.5 Å². The molecule has 1 aliphatic rings. The quantitative estimate of drug-likeness (QED) is 0.888. The van der Waals surface area contributed by atoms with Gasteiger partial charge < -0.3 is 15.4 Å². The zero-order valence-corrected chi connectivity index (χ0v) is 15.0. The number of benzene rings is 1. The predicted molar refractivity (Wildman–Crippen MR) is 99.6 cm³/mol. The molecule has 1 fully saturated rings. The van der Waals surface area contributed by atoms with Crippen LogP contribution in [0.15, 0.2) is 42.6 Å². The van der Waals surface area contributed by atoms with Crippen molar-refractivity contribution in [3.8, 4) is 11.1 Å². The molecule has 2 amide bonds. The minimum atomic E-state index is -0.174. The molecule has 1 atom stereocenters. The van der Waals surface area contributed by atoms with Crippen LogP contribution < -0.4 is 10.6 Å². The van der Waals surface area contributed by atoms with Gasteiger partial charge in [0, 0.05) is 35.6 Å². The molecule has 0 bridgehead atoms. The first-order chi connectivity index (χ1) is 11.9. The van der Waals surface area contributed by atoms with Crippen molar-refractivity contribution in [3.63, 3.8) is 0 Å². The molecule has 1 aliphatic heterocycles. The van der Waals surface area contributed by atoms with Crippen LogP contribution in [-0.4, -0.2) is 30.3 Å². The summed E-state index contributed by atoms with van der Waals surface area (Å²) in [5, 5.41) is 5.99. The normalized spacial score (nSPS) is 19.2. The van der Waals surface area contributed by atoms with Gasteiger partial charge in [-0.2, -0.15) is 0 Å². The number of aryl methyl sites for hydroxylation is 1. The number of nitrogens with one attached hydrogen (secondary N) is 2. The molecular weight excluding hydrogens is 314 g/mol. The van der Waals surface area contributed by atoms with E-state index in [1.807, 2.05) is 43.3 Å². The lowest BCUT2D eigenvalue weighted by molar-refractivity contribution is -0.00919. The number of urea groups is 1. The molecule has 0 saturated carbocycles. The highest BCUT2D eigenvalue weighted by atomic mass is 16.5. The van der Waals surface area contributed by atoms with Crippen molar-refractivity contribution < 1.29 is 9.53 Å². The second kappa shape index (κ2) is 7.23. The first-order valence-electron chi connectivity index (χ1n) is 8.62. The van der Waals surface area contributed by atoms with Crippen LogP contribution in [0.1, 0.15) is 26.0 Å². The minimum absolute atomic E-state index is 0.0569. The van der Waals surface area contributed by atoms with Gasteiger partial charge in [-0.15, -0.1) is 0 Å². The van der Waals surface area contributed by atoms with Crippen LogP contribution in [0.5, 0.6) is 0 Å². The lowest BCUT2D eigenvalue weighted by atomic mass is 9.82. The highest BCUT2D eigenvalue weighted by molar-refractivity contribution is 5.89. The summed E-state index contributed by atoms with van der Waals surface area (Å²) in [7, 11) is 0. The van der Waals surface area contributed by atoms with Crippen LogP contribution in [-0.2, 0) is 4.74 Å². The van der Waals surface area contributed by atoms with Gasteiger partial charge in [0.1, 0.15) is 0 Å². The maximum atomic E-state index is 12.3. The van der Waals surface area contributed by atoms with E-state index in [2.05, 4.69) is 29.5 Å². The highest BCUT2D eigenvalue weighted by Crippen LogP contribution is 2.27.